The average molecular weight is 273 g/mol. The molecule has 5 nitrogen and oxygen atoms in total. The molecule has 0 radical (unpaired) electrons. The largest absolute Gasteiger partial charge is 0.379 e. The van der Waals surface area contributed by atoms with Gasteiger partial charge in [-0.15, -0.1) is 0 Å². The van der Waals surface area contributed by atoms with Crippen LogP contribution in [0.4, 0.5) is 0 Å². The Labute approximate surface area is 118 Å². The minimum Gasteiger partial charge on any atom is -0.379 e. The number of rotatable bonds is 3. The quantitative estimate of drug-likeness (QED) is 0.925. The van der Waals surface area contributed by atoms with Crippen LogP contribution in [-0.2, 0) is 15.7 Å². The van der Waals surface area contributed by atoms with E-state index >= 15 is 0 Å². The molecule has 1 aromatic heterocycles. The van der Waals surface area contributed by atoms with Crippen LogP contribution in [0.15, 0.2) is 34.9 Å². The molecular formula is C15H19N3O2. The third-order valence-electron chi connectivity index (χ3n) is 3.96. The van der Waals surface area contributed by atoms with E-state index < -0.39 is 5.54 Å². The molecule has 106 valence electrons. The molecule has 3 rings (SSSR count). The summed E-state index contributed by atoms with van der Waals surface area (Å²) in [6.45, 7) is 5.22. The van der Waals surface area contributed by atoms with Crippen molar-refractivity contribution in [3.63, 3.8) is 0 Å². The van der Waals surface area contributed by atoms with Crippen molar-refractivity contribution in [2.75, 3.05) is 13.2 Å². The molecule has 1 unspecified atom stereocenters. The Kier molecular flexibility index (Phi) is 3.11. The molecule has 20 heavy (non-hydrogen) atoms. The third-order valence-corrected chi connectivity index (χ3v) is 3.96. The van der Waals surface area contributed by atoms with Crippen LogP contribution in [-0.4, -0.2) is 23.4 Å². The van der Waals surface area contributed by atoms with Crippen molar-refractivity contribution < 1.29 is 9.26 Å². The molecule has 2 heterocycles. The summed E-state index contributed by atoms with van der Waals surface area (Å²) >= 11 is 0. The molecule has 0 aliphatic carbocycles. The van der Waals surface area contributed by atoms with Gasteiger partial charge in [0.1, 0.15) is 5.54 Å². The second kappa shape index (κ2) is 4.68. The lowest BCUT2D eigenvalue weighted by Crippen LogP contribution is -2.37. The highest BCUT2D eigenvalue weighted by Gasteiger charge is 2.39. The first-order valence-corrected chi connectivity index (χ1v) is 6.79. The van der Waals surface area contributed by atoms with Crippen molar-refractivity contribution >= 4 is 0 Å². The second-order valence-electron chi connectivity index (χ2n) is 5.87. The molecule has 1 saturated heterocycles. The molecule has 0 saturated carbocycles. The molecule has 1 atom stereocenters. The van der Waals surface area contributed by atoms with Crippen LogP contribution in [0.2, 0.25) is 0 Å². The molecule has 2 N–H and O–H groups in total. The van der Waals surface area contributed by atoms with Gasteiger partial charge < -0.3 is 15.0 Å². The van der Waals surface area contributed by atoms with Crippen LogP contribution in [0.25, 0.3) is 0 Å². The molecule has 1 aromatic carbocycles. The van der Waals surface area contributed by atoms with E-state index in [1.807, 2.05) is 18.2 Å². The summed E-state index contributed by atoms with van der Waals surface area (Å²) in [7, 11) is 0. The SMILES string of the molecule is CC(C)(c1ccccc1)c1noc(C2(N)CCOC2)n1. The van der Waals surface area contributed by atoms with Crippen molar-refractivity contribution in [3.05, 3.63) is 47.6 Å². The smallest absolute Gasteiger partial charge is 0.249 e. The molecular weight excluding hydrogens is 254 g/mol. The fourth-order valence-corrected chi connectivity index (χ4v) is 2.41. The molecule has 0 spiro atoms. The standard InChI is InChI=1S/C15H19N3O2/c1-14(2,11-6-4-3-5-7-11)12-17-13(20-18-12)15(16)8-9-19-10-15/h3-7H,8-10,16H2,1-2H3. The van der Waals surface area contributed by atoms with Crippen LogP contribution < -0.4 is 5.73 Å². The van der Waals surface area contributed by atoms with Gasteiger partial charge in [-0.2, -0.15) is 4.98 Å². The molecule has 1 aliphatic heterocycles. The van der Waals surface area contributed by atoms with E-state index in [4.69, 9.17) is 15.0 Å². The number of hydrogen-bond acceptors (Lipinski definition) is 5. The first-order chi connectivity index (χ1) is 9.52. The van der Waals surface area contributed by atoms with Gasteiger partial charge in [0.25, 0.3) is 0 Å². The van der Waals surface area contributed by atoms with Gasteiger partial charge >= 0.3 is 0 Å². The lowest BCUT2D eigenvalue weighted by Gasteiger charge is -2.21. The van der Waals surface area contributed by atoms with Gasteiger partial charge in [0, 0.05) is 6.61 Å². The lowest BCUT2D eigenvalue weighted by atomic mass is 9.84. The van der Waals surface area contributed by atoms with Gasteiger partial charge in [-0.25, -0.2) is 0 Å². The maximum absolute atomic E-state index is 6.25. The maximum atomic E-state index is 6.25. The highest BCUT2D eigenvalue weighted by Crippen LogP contribution is 2.32. The van der Waals surface area contributed by atoms with E-state index in [-0.39, 0.29) is 5.41 Å². The fraction of sp³-hybridized carbons (Fsp3) is 0.467. The zero-order chi connectivity index (χ0) is 14.2. The molecule has 5 heteroatoms. The topological polar surface area (TPSA) is 74.2 Å². The van der Waals surface area contributed by atoms with Crippen LogP contribution in [0, 0.1) is 0 Å². The van der Waals surface area contributed by atoms with Crippen LogP contribution >= 0.6 is 0 Å². The molecule has 1 fully saturated rings. The lowest BCUT2D eigenvalue weighted by molar-refractivity contribution is 0.166. The Morgan fingerprint density at radius 3 is 2.65 bits per heavy atom. The van der Waals surface area contributed by atoms with Crippen molar-refractivity contribution in [1.29, 1.82) is 0 Å². The third kappa shape index (κ3) is 2.13. The highest BCUT2D eigenvalue weighted by atomic mass is 16.5. The van der Waals surface area contributed by atoms with E-state index in [0.717, 1.165) is 5.56 Å². The van der Waals surface area contributed by atoms with Gasteiger partial charge in [0.15, 0.2) is 5.82 Å². The summed E-state index contributed by atoms with van der Waals surface area (Å²) < 4.78 is 10.7. The van der Waals surface area contributed by atoms with Gasteiger partial charge in [0.2, 0.25) is 5.89 Å². The van der Waals surface area contributed by atoms with Crippen LogP contribution in [0.5, 0.6) is 0 Å². The van der Waals surface area contributed by atoms with Crippen LogP contribution in [0.1, 0.15) is 37.5 Å². The Bertz CT molecular complexity index is 586. The summed E-state index contributed by atoms with van der Waals surface area (Å²) in [5, 5.41) is 4.13. The summed E-state index contributed by atoms with van der Waals surface area (Å²) in [4.78, 5) is 4.53. The average Bonchev–Trinajstić information content (AvgIpc) is 3.09. The van der Waals surface area contributed by atoms with E-state index in [1.165, 1.54) is 0 Å². The minimum absolute atomic E-state index is 0.321. The van der Waals surface area contributed by atoms with Crippen molar-refractivity contribution in [1.82, 2.24) is 10.1 Å². The number of nitrogens with zero attached hydrogens (tertiary/aromatic N) is 2. The number of hydrogen-bond donors (Lipinski definition) is 1. The fourth-order valence-electron chi connectivity index (χ4n) is 2.41. The molecule has 0 amide bonds. The number of benzene rings is 1. The van der Waals surface area contributed by atoms with E-state index in [1.54, 1.807) is 0 Å². The number of ether oxygens (including phenoxy) is 1. The van der Waals surface area contributed by atoms with E-state index in [2.05, 4.69) is 36.1 Å². The molecule has 1 aliphatic rings. The summed E-state index contributed by atoms with van der Waals surface area (Å²) in [5.74, 6) is 1.12. The Morgan fingerprint density at radius 2 is 2.00 bits per heavy atom. The first kappa shape index (κ1) is 13.3. The normalized spacial score (nSPS) is 23.1. The Hall–Kier alpha value is -1.72. The Morgan fingerprint density at radius 1 is 1.25 bits per heavy atom. The molecule has 2 aromatic rings. The molecule has 0 bridgehead atoms. The number of nitrogens with two attached hydrogens (primary N) is 1. The summed E-state index contributed by atoms with van der Waals surface area (Å²) in [6.07, 6.45) is 0.709. The zero-order valence-corrected chi connectivity index (χ0v) is 11.8. The van der Waals surface area contributed by atoms with Gasteiger partial charge in [-0.1, -0.05) is 35.5 Å². The first-order valence-electron chi connectivity index (χ1n) is 6.79. The van der Waals surface area contributed by atoms with Gasteiger partial charge in [-0.3, -0.25) is 0 Å². The van der Waals surface area contributed by atoms with Crippen molar-refractivity contribution in [2.24, 2.45) is 5.73 Å². The van der Waals surface area contributed by atoms with E-state index in [0.29, 0.717) is 31.3 Å². The second-order valence-corrected chi connectivity index (χ2v) is 5.87. The summed E-state index contributed by atoms with van der Waals surface area (Å²) in [6, 6.07) is 10.1. The minimum atomic E-state index is -0.641. The van der Waals surface area contributed by atoms with Gasteiger partial charge in [-0.05, 0) is 25.8 Å². The predicted octanol–water partition coefficient (Wildman–Crippen LogP) is 1.97. The zero-order valence-electron chi connectivity index (χ0n) is 11.8. The van der Waals surface area contributed by atoms with Gasteiger partial charge in [0.05, 0.1) is 12.0 Å². The Balaban J connectivity index is 1.94. The van der Waals surface area contributed by atoms with Crippen molar-refractivity contribution in [2.45, 2.75) is 31.2 Å². The van der Waals surface area contributed by atoms with E-state index in [9.17, 15) is 0 Å². The monoisotopic (exact) mass is 273 g/mol. The summed E-state index contributed by atoms with van der Waals surface area (Å²) in [5.41, 5.74) is 6.43. The van der Waals surface area contributed by atoms with Crippen molar-refractivity contribution in [3.8, 4) is 0 Å². The predicted molar refractivity (Wildman–Crippen MR) is 74.2 cm³/mol. The maximum Gasteiger partial charge on any atom is 0.249 e. The highest BCUT2D eigenvalue weighted by molar-refractivity contribution is 5.30. The number of aromatic nitrogens is 2. The van der Waals surface area contributed by atoms with Crippen LogP contribution in [0.3, 0.4) is 0 Å².